The van der Waals surface area contributed by atoms with E-state index in [1.165, 1.54) is 22.3 Å². The minimum absolute atomic E-state index is 0. The number of fused-ring (bicyclic) bond motifs is 5. The molecule has 1 aliphatic rings. The second-order valence-corrected chi connectivity index (χ2v) is 16.6. The van der Waals surface area contributed by atoms with Crippen LogP contribution in [-0.4, -0.2) is 19.6 Å². The molecule has 7 aromatic rings. The Kier molecular flexibility index (Phi) is 8.94. The molecule has 8 rings (SSSR count). The van der Waals surface area contributed by atoms with Crippen LogP contribution < -0.4 is 0 Å². The Bertz CT molecular complexity index is 2500. The van der Waals surface area contributed by atoms with Crippen molar-refractivity contribution >= 4 is 11.0 Å². The fourth-order valence-corrected chi connectivity index (χ4v) is 8.08. The third kappa shape index (κ3) is 5.87. The summed E-state index contributed by atoms with van der Waals surface area (Å²) in [5.41, 5.74) is 15.1. The maximum atomic E-state index is 11.4. The fraction of sp³-hybridized carbons (Fsp3) is 0.250. The molecule has 0 unspecified atom stereocenters. The zero-order valence-electron chi connectivity index (χ0n) is 32.0. The van der Waals surface area contributed by atoms with Gasteiger partial charge in [-0.25, -0.2) is 4.98 Å². The van der Waals surface area contributed by atoms with Gasteiger partial charge in [0.15, 0.2) is 0 Å². The number of pyridine rings is 1. The Hall–Kier alpha value is -4.79. The minimum Gasteiger partial charge on any atom is -0.507 e. The van der Waals surface area contributed by atoms with Crippen molar-refractivity contribution in [2.24, 2.45) is 0 Å². The summed E-state index contributed by atoms with van der Waals surface area (Å²) in [5, 5.41) is 11.4. The number of hydrogen-bond donors (Lipinski definition) is 1. The van der Waals surface area contributed by atoms with Gasteiger partial charge < -0.3 is 9.67 Å². The molecule has 4 nitrogen and oxygen atoms in total. The minimum atomic E-state index is -0.367. The number of imidazole rings is 1. The summed E-state index contributed by atoms with van der Waals surface area (Å²) in [4.78, 5) is 10.5. The zero-order chi connectivity index (χ0) is 36.7. The molecule has 53 heavy (non-hydrogen) atoms. The molecule has 5 aromatic carbocycles. The summed E-state index contributed by atoms with van der Waals surface area (Å²) in [6, 6.07) is 40.0. The van der Waals surface area contributed by atoms with Crippen LogP contribution in [-0.2, 0) is 37.4 Å². The molecule has 5 heteroatoms. The molecule has 1 N–H and O–H groups in total. The predicted octanol–water partition coefficient (Wildman–Crippen LogP) is 12.2. The van der Waals surface area contributed by atoms with E-state index >= 15 is 0 Å². The standard InChI is InChI=1S/C48H46N3O.Pt/c1-29-15-13-16-30(2)42(29)32-21-22-39(49-28-32)35-23-34(24-36(25-35)46(3,4)5)37-26-33(31-17-11-10-12-18-31)27-40-44(37)50-45-43-38(19-14-20-41(43)52)47(6,7)48(8,9)51(40)45;/h10-22,24-28,52H,1-9H3;/q-1;. The van der Waals surface area contributed by atoms with Crippen LogP contribution in [0.15, 0.2) is 109 Å². The van der Waals surface area contributed by atoms with E-state index in [-0.39, 0.29) is 43.2 Å². The van der Waals surface area contributed by atoms with Gasteiger partial charge in [0.2, 0.25) is 0 Å². The quantitative estimate of drug-likeness (QED) is 0.179. The number of nitrogens with zero attached hydrogens (tertiary/aromatic N) is 3. The average molecular weight is 876 g/mol. The molecule has 0 saturated heterocycles. The number of benzene rings is 5. The Balaban J connectivity index is 0.00000435. The molecule has 1 aliphatic heterocycles. The number of aryl methyl sites for hydroxylation is 2. The van der Waals surface area contributed by atoms with E-state index in [1.54, 1.807) is 6.07 Å². The van der Waals surface area contributed by atoms with Crippen LogP contribution in [0.5, 0.6) is 5.75 Å². The smallest absolute Gasteiger partial charge is 0.144 e. The van der Waals surface area contributed by atoms with E-state index in [4.69, 9.17) is 9.97 Å². The summed E-state index contributed by atoms with van der Waals surface area (Å²) in [7, 11) is 0. The van der Waals surface area contributed by atoms with E-state index in [0.29, 0.717) is 0 Å². The third-order valence-corrected chi connectivity index (χ3v) is 11.7. The normalized spacial score (nSPS) is 14.4. The molecule has 0 amide bonds. The van der Waals surface area contributed by atoms with Crippen LogP contribution in [0.3, 0.4) is 0 Å². The number of phenolic OH excluding ortho intramolecular Hbond substituents is 1. The molecular formula is C48H46N3OPt-. The van der Waals surface area contributed by atoms with Crippen molar-refractivity contribution in [1.29, 1.82) is 0 Å². The fourth-order valence-electron chi connectivity index (χ4n) is 8.08. The first-order chi connectivity index (χ1) is 24.7. The van der Waals surface area contributed by atoms with Gasteiger partial charge in [0.25, 0.3) is 0 Å². The SMILES string of the molecule is Cc1cccc(C)c1-c1ccc(-c2[c-]c(-c3cc(-c4ccccc4)cc4c3nc3n4C(C)(C)C(C)(C)c4cccc(O)c4-3)cc(C(C)(C)C)c2)nc1.[Pt]. The molecule has 270 valence electrons. The number of phenols is 1. The summed E-state index contributed by atoms with van der Waals surface area (Å²) in [5.74, 6) is 1.04. The first-order valence-corrected chi connectivity index (χ1v) is 18.2. The van der Waals surface area contributed by atoms with Crippen molar-refractivity contribution in [3.8, 4) is 61.8 Å². The maximum absolute atomic E-state index is 11.4. The summed E-state index contributed by atoms with van der Waals surface area (Å²) in [6.07, 6.45) is 1.99. The van der Waals surface area contributed by atoms with Crippen LogP contribution >= 0.6 is 0 Å². The maximum Gasteiger partial charge on any atom is 0.144 e. The van der Waals surface area contributed by atoms with Gasteiger partial charge in [0.05, 0.1) is 22.1 Å². The number of aromatic hydroxyl groups is 1. The summed E-state index contributed by atoms with van der Waals surface area (Å²) in [6.45, 7) is 20.2. The van der Waals surface area contributed by atoms with Gasteiger partial charge in [-0.1, -0.05) is 125 Å². The summed E-state index contributed by atoms with van der Waals surface area (Å²) >= 11 is 0. The Labute approximate surface area is 328 Å². The van der Waals surface area contributed by atoms with E-state index in [0.717, 1.165) is 67.1 Å². The van der Waals surface area contributed by atoms with Gasteiger partial charge in [-0.05, 0) is 84.2 Å². The molecule has 0 spiro atoms. The van der Waals surface area contributed by atoms with Crippen LogP contribution in [0.1, 0.15) is 70.7 Å². The van der Waals surface area contributed by atoms with Crippen molar-refractivity contribution in [2.45, 2.75) is 78.7 Å². The van der Waals surface area contributed by atoms with E-state index in [9.17, 15) is 5.11 Å². The molecular weight excluding hydrogens is 830 g/mol. The van der Waals surface area contributed by atoms with Crippen molar-refractivity contribution < 1.29 is 26.2 Å². The largest absolute Gasteiger partial charge is 0.507 e. The molecule has 2 aromatic heterocycles. The van der Waals surface area contributed by atoms with Gasteiger partial charge in [-0.3, -0.25) is 4.98 Å². The Morgan fingerprint density at radius 1 is 0.698 bits per heavy atom. The third-order valence-electron chi connectivity index (χ3n) is 11.7. The van der Waals surface area contributed by atoms with Crippen LogP contribution in [0, 0.1) is 19.9 Å². The Morgan fingerprint density at radius 2 is 1.38 bits per heavy atom. The number of aromatic nitrogens is 3. The van der Waals surface area contributed by atoms with Gasteiger partial charge >= 0.3 is 0 Å². The zero-order valence-corrected chi connectivity index (χ0v) is 34.3. The van der Waals surface area contributed by atoms with Crippen molar-refractivity contribution in [3.05, 3.63) is 138 Å². The molecule has 0 atom stereocenters. The topological polar surface area (TPSA) is 50.9 Å². The second-order valence-electron chi connectivity index (χ2n) is 16.6. The number of hydrogen-bond acceptors (Lipinski definition) is 3. The monoisotopic (exact) mass is 875 g/mol. The summed E-state index contributed by atoms with van der Waals surface area (Å²) < 4.78 is 2.36. The average Bonchev–Trinajstić information content (AvgIpc) is 3.51. The molecule has 0 fully saturated rings. The molecule has 0 radical (unpaired) electrons. The predicted molar refractivity (Wildman–Crippen MR) is 216 cm³/mol. The number of rotatable bonds is 4. The van der Waals surface area contributed by atoms with Crippen LogP contribution in [0.25, 0.3) is 67.1 Å². The molecule has 0 saturated carbocycles. The first-order valence-electron chi connectivity index (χ1n) is 18.2. The van der Waals surface area contributed by atoms with Gasteiger partial charge in [-0.15, -0.1) is 29.3 Å². The van der Waals surface area contributed by atoms with Gasteiger partial charge in [0.1, 0.15) is 11.6 Å². The van der Waals surface area contributed by atoms with Crippen molar-refractivity contribution in [2.75, 3.05) is 0 Å². The first kappa shape index (κ1) is 36.6. The molecule has 0 aliphatic carbocycles. The molecule has 3 heterocycles. The van der Waals surface area contributed by atoms with Crippen LogP contribution in [0.2, 0.25) is 0 Å². The van der Waals surface area contributed by atoms with Crippen molar-refractivity contribution in [3.63, 3.8) is 0 Å². The van der Waals surface area contributed by atoms with E-state index in [2.05, 4.69) is 164 Å². The van der Waals surface area contributed by atoms with Crippen molar-refractivity contribution in [1.82, 2.24) is 14.5 Å². The van der Waals surface area contributed by atoms with E-state index < -0.39 is 0 Å². The van der Waals surface area contributed by atoms with E-state index in [1.807, 2.05) is 12.3 Å². The van der Waals surface area contributed by atoms with Crippen LogP contribution in [0.4, 0.5) is 0 Å². The van der Waals surface area contributed by atoms with Gasteiger partial charge in [-0.2, -0.15) is 0 Å². The Morgan fingerprint density at radius 3 is 2.04 bits per heavy atom. The second kappa shape index (κ2) is 13.0. The van der Waals surface area contributed by atoms with Gasteiger partial charge in [0, 0.05) is 38.4 Å². The molecule has 0 bridgehead atoms.